The van der Waals surface area contributed by atoms with Gasteiger partial charge in [-0.1, -0.05) is 48.7 Å². The number of benzene rings is 2. The van der Waals surface area contributed by atoms with Crippen LogP contribution in [0.15, 0.2) is 71.3 Å². The highest BCUT2D eigenvalue weighted by atomic mass is 35.5. The lowest BCUT2D eigenvalue weighted by Gasteiger charge is -2.32. The maximum atomic E-state index is 13.6. The van der Waals surface area contributed by atoms with Gasteiger partial charge in [-0.3, -0.25) is 9.59 Å². The summed E-state index contributed by atoms with van der Waals surface area (Å²) in [6.45, 7) is 0.197. The van der Waals surface area contributed by atoms with E-state index in [1.807, 2.05) is 24.3 Å². The highest BCUT2D eigenvalue weighted by Crippen LogP contribution is 2.29. The lowest BCUT2D eigenvalue weighted by atomic mass is 10.0. The summed E-state index contributed by atoms with van der Waals surface area (Å²) < 4.78 is 10.8. The molecule has 1 aliphatic rings. The number of nitrogens with zero attached hydrogens (tertiary/aromatic N) is 1. The van der Waals surface area contributed by atoms with Gasteiger partial charge in [0.15, 0.2) is 5.76 Å². The smallest absolute Gasteiger partial charge is 0.290 e. The van der Waals surface area contributed by atoms with Crippen molar-refractivity contribution in [3.63, 3.8) is 0 Å². The summed E-state index contributed by atoms with van der Waals surface area (Å²) >= 11 is 6.11. The lowest BCUT2D eigenvalue weighted by molar-refractivity contribution is -0.126. The van der Waals surface area contributed by atoms with Gasteiger partial charge in [0, 0.05) is 17.6 Å². The van der Waals surface area contributed by atoms with E-state index in [1.165, 1.54) is 6.26 Å². The summed E-state index contributed by atoms with van der Waals surface area (Å²) in [7, 11) is 1.59. The van der Waals surface area contributed by atoms with Crippen LogP contribution in [0.1, 0.15) is 53.4 Å². The number of hydrogen-bond acceptors (Lipinski definition) is 4. The molecule has 1 aliphatic carbocycles. The van der Waals surface area contributed by atoms with Crippen molar-refractivity contribution in [2.75, 3.05) is 7.11 Å². The summed E-state index contributed by atoms with van der Waals surface area (Å²) in [5.41, 5.74) is 1.51. The Bertz CT molecular complexity index is 1080. The van der Waals surface area contributed by atoms with Gasteiger partial charge in [-0.25, -0.2) is 0 Å². The molecular weight excluding hydrogens is 440 g/mol. The molecule has 1 heterocycles. The molecule has 2 amide bonds. The summed E-state index contributed by atoms with van der Waals surface area (Å²) in [6, 6.07) is 17.0. The first-order chi connectivity index (χ1) is 16.0. The Labute approximate surface area is 198 Å². The Morgan fingerprint density at radius 3 is 2.55 bits per heavy atom. The fraction of sp³-hybridized carbons (Fsp3) is 0.308. The SMILES string of the molecule is COc1cccc(CN(C(=O)c2ccco2)[C@@H](C(=O)NC2CCCC2)c2ccc(Cl)cc2)c1. The number of amides is 2. The third-order valence-corrected chi connectivity index (χ3v) is 6.18. The molecule has 3 aromatic rings. The Hall–Kier alpha value is -3.25. The number of rotatable bonds is 8. The van der Waals surface area contributed by atoms with Crippen LogP contribution < -0.4 is 10.1 Å². The number of hydrogen-bond donors (Lipinski definition) is 1. The Kier molecular flexibility index (Phi) is 7.35. The Balaban J connectivity index is 1.74. The van der Waals surface area contributed by atoms with Crippen molar-refractivity contribution in [1.29, 1.82) is 0 Å². The number of halogens is 1. The molecule has 6 nitrogen and oxygen atoms in total. The zero-order valence-corrected chi connectivity index (χ0v) is 19.3. The van der Waals surface area contributed by atoms with E-state index in [-0.39, 0.29) is 30.2 Å². The summed E-state index contributed by atoms with van der Waals surface area (Å²) in [4.78, 5) is 28.7. The maximum absolute atomic E-state index is 13.6. The molecular formula is C26H27ClN2O4. The quantitative estimate of drug-likeness (QED) is 0.483. The fourth-order valence-corrected chi connectivity index (χ4v) is 4.38. The Morgan fingerprint density at radius 1 is 1.12 bits per heavy atom. The predicted octanol–water partition coefficient (Wildman–Crippen LogP) is 5.38. The average molecular weight is 467 g/mol. The zero-order valence-electron chi connectivity index (χ0n) is 18.5. The van der Waals surface area contributed by atoms with E-state index in [9.17, 15) is 9.59 Å². The van der Waals surface area contributed by atoms with E-state index < -0.39 is 6.04 Å². The number of nitrogens with one attached hydrogen (secondary N) is 1. The van der Waals surface area contributed by atoms with Crippen LogP contribution in [0.25, 0.3) is 0 Å². The minimum atomic E-state index is -0.855. The van der Waals surface area contributed by atoms with Gasteiger partial charge in [0.2, 0.25) is 5.91 Å². The Morgan fingerprint density at radius 2 is 1.88 bits per heavy atom. The fourth-order valence-electron chi connectivity index (χ4n) is 4.26. The van der Waals surface area contributed by atoms with Gasteiger partial charge in [-0.2, -0.15) is 0 Å². The van der Waals surface area contributed by atoms with Crippen LogP contribution in [-0.2, 0) is 11.3 Å². The first-order valence-corrected chi connectivity index (χ1v) is 11.5. The molecule has 0 bridgehead atoms. The van der Waals surface area contributed by atoms with Crippen molar-refractivity contribution in [3.05, 3.63) is 88.8 Å². The molecule has 33 heavy (non-hydrogen) atoms. The van der Waals surface area contributed by atoms with Crippen molar-refractivity contribution >= 4 is 23.4 Å². The second kappa shape index (κ2) is 10.6. The normalized spacial score (nSPS) is 14.6. The van der Waals surface area contributed by atoms with Gasteiger partial charge in [0.05, 0.1) is 13.4 Å². The molecule has 1 aromatic heterocycles. The highest BCUT2D eigenvalue weighted by molar-refractivity contribution is 6.30. The van der Waals surface area contributed by atoms with Gasteiger partial charge in [-0.15, -0.1) is 0 Å². The minimum absolute atomic E-state index is 0.115. The van der Waals surface area contributed by atoms with Crippen LogP contribution in [0.5, 0.6) is 5.75 Å². The summed E-state index contributed by atoms with van der Waals surface area (Å²) in [5, 5.41) is 3.72. The lowest BCUT2D eigenvalue weighted by Crippen LogP contribution is -2.45. The van der Waals surface area contributed by atoms with Crippen LogP contribution in [0.4, 0.5) is 0 Å². The van der Waals surface area contributed by atoms with Gasteiger partial charge in [0.25, 0.3) is 5.91 Å². The second-order valence-corrected chi connectivity index (χ2v) is 8.64. The molecule has 2 aromatic carbocycles. The van der Waals surface area contributed by atoms with Crippen molar-refractivity contribution in [2.45, 2.75) is 44.3 Å². The van der Waals surface area contributed by atoms with E-state index in [2.05, 4.69) is 5.32 Å². The van der Waals surface area contributed by atoms with Crippen LogP contribution in [0, 0.1) is 0 Å². The third kappa shape index (κ3) is 5.57. The van der Waals surface area contributed by atoms with E-state index in [1.54, 1.807) is 48.4 Å². The molecule has 1 saturated carbocycles. The number of methoxy groups -OCH3 is 1. The molecule has 1 fully saturated rings. The standard InChI is InChI=1S/C26H27ClN2O4/c1-32-22-9-4-6-18(16-22)17-29(26(31)23-10-5-15-33-23)24(19-11-13-20(27)14-12-19)25(30)28-21-7-2-3-8-21/h4-6,9-16,21,24H,2-3,7-8,17H2,1H3,(H,28,30)/t24-/m1/s1. The number of carbonyl (C=O) groups excluding carboxylic acids is 2. The first kappa shape index (κ1) is 22.9. The summed E-state index contributed by atoms with van der Waals surface area (Å²) in [6.07, 6.45) is 5.53. The second-order valence-electron chi connectivity index (χ2n) is 8.21. The molecule has 4 rings (SSSR count). The van der Waals surface area contributed by atoms with Crippen LogP contribution >= 0.6 is 11.6 Å². The van der Waals surface area contributed by atoms with Gasteiger partial charge >= 0.3 is 0 Å². The molecule has 0 radical (unpaired) electrons. The predicted molar refractivity (Wildman–Crippen MR) is 126 cm³/mol. The zero-order chi connectivity index (χ0) is 23.2. The molecule has 0 aliphatic heterocycles. The molecule has 0 unspecified atom stereocenters. The molecule has 1 N–H and O–H groups in total. The van der Waals surface area contributed by atoms with Gasteiger partial charge in [0.1, 0.15) is 11.8 Å². The average Bonchev–Trinajstić information content (AvgIpc) is 3.54. The number of carbonyl (C=O) groups is 2. The van der Waals surface area contributed by atoms with Crippen molar-refractivity contribution in [3.8, 4) is 5.75 Å². The molecule has 1 atom stereocenters. The van der Waals surface area contributed by atoms with Crippen LogP contribution in [0.3, 0.4) is 0 Å². The molecule has 172 valence electrons. The van der Waals surface area contributed by atoms with Crippen LogP contribution in [-0.4, -0.2) is 29.9 Å². The van der Waals surface area contributed by atoms with Crippen LogP contribution in [0.2, 0.25) is 5.02 Å². The number of furan rings is 1. The summed E-state index contributed by atoms with van der Waals surface area (Å²) in [5.74, 6) is 0.262. The van der Waals surface area contributed by atoms with Gasteiger partial charge in [-0.05, 0) is 60.4 Å². The maximum Gasteiger partial charge on any atom is 0.290 e. The number of ether oxygens (including phenoxy) is 1. The third-order valence-electron chi connectivity index (χ3n) is 5.93. The monoisotopic (exact) mass is 466 g/mol. The van der Waals surface area contributed by atoms with E-state index in [4.69, 9.17) is 20.8 Å². The van der Waals surface area contributed by atoms with Gasteiger partial charge < -0.3 is 19.4 Å². The molecule has 0 saturated heterocycles. The van der Waals surface area contributed by atoms with E-state index in [0.717, 1.165) is 31.2 Å². The van der Waals surface area contributed by atoms with Crippen molar-refractivity contribution < 1.29 is 18.7 Å². The van der Waals surface area contributed by atoms with E-state index >= 15 is 0 Å². The topological polar surface area (TPSA) is 71.8 Å². The minimum Gasteiger partial charge on any atom is -0.497 e. The highest BCUT2D eigenvalue weighted by Gasteiger charge is 2.34. The largest absolute Gasteiger partial charge is 0.497 e. The molecule has 0 spiro atoms. The molecule has 7 heteroatoms. The first-order valence-electron chi connectivity index (χ1n) is 11.1. The van der Waals surface area contributed by atoms with E-state index in [0.29, 0.717) is 16.3 Å². The van der Waals surface area contributed by atoms with Crippen molar-refractivity contribution in [1.82, 2.24) is 10.2 Å². The van der Waals surface area contributed by atoms with Crippen molar-refractivity contribution in [2.24, 2.45) is 0 Å².